The smallest absolute Gasteiger partial charge is 0.0473 e. The van der Waals surface area contributed by atoms with Crippen LogP contribution in [0.25, 0.3) is 0 Å². The van der Waals surface area contributed by atoms with E-state index in [1.165, 1.54) is 36.9 Å². The molecule has 1 fully saturated rings. The van der Waals surface area contributed by atoms with E-state index in [1.54, 1.807) is 0 Å². The van der Waals surface area contributed by atoms with E-state index in [0.29, 0.717) is 24.5 Å². The van der Waals surface area contributed by atoms with Crippen molar-refractivity contribution in [2.24, 2.45) is 5.73 Å². The molecule has 2 unspecified atom stereocenters. The van der Waals surface area contributed by atoms with Crippen LogP contribution in [0.1, 0.15) is 63.1 Å². The Morgan fingerprint density at radius 3 is 2.32 bits per heavy atom. The Morgan fingerprint density at radius 2 is 1.79 bits per heavy atom. The van der Waals surface area contributed by atoms with Crippen molar-refractivity contribution in [1.29, 1.82) is 0 Å². The first kappa shape index (κ1) is 14.5. The lowest BCUT2D eigenvalue weighted by Gasteiger charge is -2.39. The first-order valence-electron chi connectivity index (χ1n) is 7.69. The average molecular weight is 260 g/mol. The Labute approximate surface area is 118 Å². The summed E-state index contributed by atoms with van der Waals surface area (Å²) in [6, 6.07) is 10.1. The third kappa shape index (κ3) is 3.37. The third-order valence-electron chi connectivity index (χ3n) is 4.47. The number of piperidine rings is 1. The van der Waals surface area contributed by atoms with E-state index in [1.807, 2.05) is 0 Å². The van der Waals surface area contributed by atoms with Gasteiger partial charge in [-0.2, -0.15) is 0 Å². The molecule has 1 heterocycles. The molecule has 0 spiro atoms. The van der Waals surface area contributed by atoms with Crippen LogP contribution in [0.2, 0.25) is 0 Å². The van der Waals surface area contributed by atoms with Gasteiger partial charge in [0.15, 0.2) is 0 Å². The lowest BCUT2D eigenvalue weighted by Crippen LogP contribution is -2.43. The number of nitrogens with two attached hydrogens (primary N) is 1. The van der Waals surface area contributed by atoms with Crippen LogP contribution in [0.5, 0.6) is 0 Å². The second-order valence-electron chi connectivity index (χ2n) is 6.16. The van der Waals surface area contributed by atoms with Crippen LogP contribution in [0.4, 0.5) is 0 Å². The van der Waals surface area contributed by atoms with E-state index in [0.717, 1.165) is 0 Å². The summed E-state index contributed by atoms with van der Waals surface area (Å²) in [6.45, 7) is 8.72. The number of hydrogen-bond donors (Lipinski definition) is 1. The Hall–Kier alpha value is -0.860. The van der Waals surface area contributed by atoms with Gasteiger partial charge >= 0.3 is 0 Å². The summed E-state index contributed by atoms with van der Waals surface area (Å²) in [6.07, 6.45) is 3.98. The molecular weight excluding hydrogens is 232 g/mol. The Kier molecular flexibility index (Phi) is 5.00. The van der Waals surface area contributed by atoms with Crippen LogP contribution in [-0.4, -0.2) is 24.0 Å². The first-order valence-corrected chi connectivity index (χ1v) is 7.69. The molecule has 19 heavy (non-hydrogen) atoms. The second kappa shape index (κ2) is 6.53. The molecule has 0 bridgehead atoms. The lowest BCUT2D eigenvalue weighted by atomic mass is 9.95. The zero-order valence-electron chi connectivity index (χ0n) is 12.6. The van der Waals surface area contributed by atoms with Gasteiger partial charge in [-0.25, -0.2) is 0 Å². The summed E-state index contributed by atoms with van der Waals surface area (Å²) in [4.78, 5) is 2.59. The third-order valence-corrected chi connectivity index (χ3v) is 4.47. The molecule has 1 saturated heterocycles. The van der Waals surface area contributed by atoms with Gasteiger partial charge in [-0.1, -0.05) is 44.5 Å². The Morgan fingerprint density at radius 1 is 1.16 bits per heavy atom. The largest absolute Gasteiger partial charge is 0.329 e. The standard InChI is InChI=1S/C17H28N2/c1-13(2)15-7-9-16(10-8-15)17(12-18)19-11-5-4-6-14(19)3/h7-10,13-14,17H,4-6,11-12,18H2,1-3H3. The van der Waals surface area contributed by atoms with Gasteiger partial charge in [0.1, 0.15) is 0 Å². The fourth-order valence-corrected chi connectivity index (χ4v) is 3.15. The van der Waals surface area contributed by atoms with E-state index in [9.17, 15) is 0 Å². The molecule has 1 aromatic rings. The van der Waals surface area contributed by atoms with Crippen molar-refractivity contribution < 1.29 is 0 Å². The van der Waals surface area contributed by atoms with Crippen molar-refractivity contribution in [1.82, 2.24) is 4.90 Å². The molecule has 1 aliphatic heterocycles. The van der Waals surface area contributed by atoms with Crippen molar-refractivity contribution in [2.75, 3.05) is 13.1 Å². The van der Waals surface area contributed by atoms with E-state index in [4.69, 9.17) is 5.73 Å². The summed E-state index contributed by atoms with van der Waals surface area (Å²) in [5.41, 5.74) is 8.84. The van der Waals surface area contributed by atoms with Crippen molar-refractivity contribution >= 4 is 0 Å². The number of likely N-dealkylation sites (tertiary alicyclic amines) is 1. The molecule has 0 saturated carbocycles. The highest BCUT2D eigenvalue weighted by molar-refractivity contribution is 5.27. The van der Waals surface area contributed by atoms with Crippen LogP contribution in [-0.2, 0) is 0 Å². The molecule has 0 amide bonds. The zero-order chi connectivity index (χ0) is 13.8. The van der Waals surface area contributed by atoms with Gasteiger partial charge in [0, 0.05) is 18.6 Å². The predicted octanol–water partition coefficient (Wildman–Crippen LogP) is 3.68. The fraction of sp³-hybridized carbons (Fsp3) is 0.647. The van der Waals surface area contributed by atoms with Gasteiger partial charge < -0.3 is 5.73 Å². The average Bonchev–Trinajstić information content (AvgIpc) is 2.42. The van der Waals surface area contributed by atoms with Crippen molar-refractivity contribution in [3.8, 4) is 0 Å². The van der Waals surface area contributed by atoms with Crippen LogP contribution in [0, 0.1) is 0 Å². The molecule has 1 aliphatic rings. The zero-order valence-corrected chi connectivity index (χ0v) is 12.6. The molecule has 2 nitrogen and oxygen atoms in total. The summed E-state index contributed by atoms with van der Waals surface area (Å²) in [5.74, 6) is 0.597. The van der Waals surface area contributed by atoms with Gasteiger partial charge in [-0.15, -0.1) is 0 Å². The van der Waals surface area contributed by atoms with Gasteiger partial charge in [0.25, 0.3) is 0 Å². The molecular formula is C17H28N2. The maximum Gasteiger partial charge on any atom is 0.0473 e. The molecule has 1 aromatic carbocycles. The van der Waals surface area contributed by atoms with Gasteiger partial charge in [0.2, 0.25) is 0 Å². The molecule has 2 N–H and O–H groups in total. The van der Waals surface area contributed by atoms with Crippen LogP contribution >= 0.6 is 0 Å². The molecule has 0 aliphatic carbocycles. The number of benzene rings is 1. The van der Waals surface area contributed by atoms with Crippen molar-refractivity contribution in [3.63, 3.8) is 0 Å². The molecule has 2 heteroatoms. The minimum Gasteiger partial charge on any atom is -0.329 e. The van der Waals surface area contributed by atoms with E-state index in [-0.39, 0.29) is 0 Å². The van der Waals surface area contributed by atoms with E-state index < -0.39 is 0 Å². The minimum absolute atomic E-state index is 0.386. The lowest BCUT2D eigenvalue weighted by molar-refractivity contribution is 0.109. The first-order chi connectivity index (χ1) is 9.13. The highest BCUT2D eigenvalue weighted by Crippen LogP contribution is 2.28. The van der Waals surface area contributed by atoms with Gasteiger partial charge in [0.05, 0.1) is 0 Å². The van der Waals surface area contributed by atoms with Crippen molar-refractivity contribution in [3.05, 3.63) is 35.4 Å². The summed E-state index contributed by atoms with van der Waals surface area (Å²) >= 11 is 0. The second-order valence-corrected chi connectivity index (χ2v) is 6.16. The van der Waals surface area contributed by atoms with Crippen LogP contribution in [0.15, 0.2) is 24.3 Å². The van der Waals surface area contributed by atoms with Crippen LogP contribution < -0.4 is 5.73 Å². The molecule has 2 atom stereocenters. The maximum atomic E-state index is 6.05. The van der Waals surface area contributed by atoms with Gasteiger partial charge in [-0.05, 0) is 43.4 Å². The minimum atomic E-state index is 0.386. The van der Waals surface area contributed by atoms with Crippen LogP contribution in [0.3, 0.4) is 0 Å². The summed E-state index contributed by atoms with van der Waals surface area (Å²) in [5, 5.41) is 0. The molecule has 2 rings (SSSR count). The molecule has 0 radical (unpaired) electrons. The monoisotopic (exact) mass is 260 g/mol. The topological polar surface area (TPSA) is 29.3 Å². The Bertz CT molecular complexity index is 383. The molecule has 106 valence electrons. The summed E-state index contributed by atoms with van der Waals surface area (Å²) < 4.78 is 0. The normalized spacial score (nSPS) is 22.7. The quantitative estimate of drug-likeness (QED) is 0.894. The SMILES string of the molecule is CC(C)c1ccc(C(CN)N2CCCCC2C)cc1. The Balaban J connectivity index is 2.16. The number of nitrogens with zero attached hydrogens (tertiary/aromatic N) is 1. The van der Waals surface area contributed by atoms with E-state index in [2.05, 4.69) is 49.9 Å². The highest BCUT2D eigenvalue weighted by Gasteiger charge is 2.26. The number of rotatable bonds is 4. The van der Waals surface area contributed by atoms with E-state index >= 15 is 0 Å². The maximum absolute atomic E-state index is 6.05. The van der Waals surface area contributed by atoms with Crippen molar-refractivity contribution in [2.45, 2.75) is 58.0 Å². The summed E-state index contributed by atoms with van der Waals surface area (Å²) in [7, 11) is 0. The fourth-order valence-electron chi connectivity index (χ4n) is 3.15. The number of hydrogen-bond acceptors (Lipinski definition) is 2. The van der Waals surface area contributed by atoms with Gasteiger partial charge in [-0.3, -0.25) is 4.90 Å². The predicted molar refractivity (Wildman–Crippen MR) is 82.3 cm³/mol. The molecule has 0 aromatic heterocycles. The highest BCUT2D eigenvalue weighted by atomic mass is 15.2.